The number of benzene rings is 2. The van der Waals surface area contributed by atoms with Gasteiger partial charge < -0.3 is 34.3 Å². The van der Waals surface area contributed by atoms with Crippen LogP contribution in [0.15, 0.2) is 53.5 Å². The quantitative estimate of drug-likeness (QED) is 0.108. The Morgan fingerprint density at radius 2 is 1.53 bits per heavy atom. The standard InChI is InChI=1S/C38H47ClN6O7S/c1-24-25(2)53-36-33(24)34(27-7-9-28(39)10-8-27)41-31(35-43-42-26(3)45(35)36)23-32(46)40-29-11-13-30(14-12-29)52-22-21-51-20-19-50-18-17-49-16-15-44(37(47)48)38(4,5)6/h7-14,31H,15-23H2,1-6H3,(H,40,46)(H,47,48)/t31-/m0/s1. The van der Waals surface area contributed by atoms with Gasteiger partial charge in [-0.2, -0.15) is 0 Å². The molecule has 53 heavy (non-hydrogen) atoms. The zero-order valence-electron chi connectivity index (χ0n) is 31.0. The first-order valence-electron chi connectivity index (χ1n) is 17.5. The maximum absolute atomic E-state index is 13.4. The predicted octanol–water partition coefficient (Wildman–Crippen LogP) is 7.04. The summed E-state index contributed by atoms with van der Waals surface area (Å²) in [6.45, 7) is 14.5. The van der Waals surface area contributed by atoms with Gasteiger partial charge in [-0.25, -0.2) is 4.79 Å². The third-order valence-electron chi connectivity index (χ3n) is 8.61. The Morgan fingerprint density at radius 3 is 2.15 bits per heavy atom. The number of anilines is 1. The maximum Gasteiger partial charge on any atom is 0.407 e. The Hall–Kier alpha value is -4.34. The molecule has 0 unspecified atom stereocenters. The second kappa shape index (κ2) is 18.1. The summed E-state index contributed by atoms with van der Waals surface area (Å²) in [4.78, 5) is 32.5. The highest BCUT2D eigenvalue weighted by Crippen LogP contribution is 2.39. The van der Waals surface area contributed by atoms with Crippen molar-refractivity contribution in [2.24, 2.45) is 4.99 Å². The molecule has 4 aromatic rings. The lowest BCUT2D eigenvalue weighted by molar-refractivity contribution is -0.116. The molecule has 2 aromatic carbocycles. The number of amides is 2. The first kappa shape index (κ1) is 39.9. The summed E-state index contributed by atoms with van der Waals surface area (Å²) in [7, 11) is 0. The Kier molecular flexibility index (Phi) is 13.6. The number of ether oxygens (including phenoxy) is 4. The molecule has 2 aromatic heterocycles. The van der Waals surface area contributed by atoms with E-state index in [2.05, 4.69) is 29.4 Å². The molecule has 1 aliphatic heterocycles. The van der Waals surface area contributed by atoms with Crippen LogP contribution in [-0.4, -0.2) is 101 Å². The number of aliphatic imine (C=N–C) groups is 1. The number of halogens is 1. The molecule has 1 aliphatic rings. The molecular weight excluding hydrogens is 720 g/mol. The van der Waals surface area contributed by atoms with Gasteiger partial charge in [-0.1, -0.05) is 23.7 Å². The summed E-state index contributed by atoms with van der Waals surface area (Å²) >= 11 is 7.89. The Balaban J connectivity index is 1.06. The number of fused-ring (bicyclic) bond motifs is 3. The second-order valence-electron chi connectivity index (χ2n) is 13.5. The molecule has 13 nitrogen and oxygen atoms in total. The first-order valence-corrected chi connectivity index (χ1v) is 18.7. The number of nitrogens with zero attached hydrogens (tertiary/aromatic N) is 5. The topological polar surface area (TPSA) is 150 Å². The molecule has 0 saturated heterocycles. The van der Waals surface area contributed by atoms with E-state index in [1.807, 2.05) is 56.5 Å². The van der Waals surface area contributed by atoms with E-state index in [1.165, 1.54) is 9.78 Å². The lowest BCUT2D eigenvalue weighted by Gasteiger charge is -2.32. The van der Waals surface area contributed by atoms with Crippen LogP contribution in [0.4, 0.5) is 10.5 Å². The number of carbonyl (C=O) groups excluding carboxylic acids is 1. The Labute approximate surface area is 318 Å². The van der Waals surface area contributed by atoms with Crippen LogP contribution >= 0.6 is 22.9 Å². The molecular formula is C38H47ClN6O7S. The van der Waals surface area contributed by atoms with E-state index < -0.39 is 17.7 Å². The van der Waals surface area contributed by atoms with Crippen LogP contribution in [0.3, 0.4) is 0 Å². The summed E-state index contributed by atoms with van der Waals surface area (Å²) in [5, 5.41) is 22.8. The number of aryl methyl sites for hydroxylation is 2. The van der Waals surface area contributed by atoms with Crippen LogP contribution in [0.2, 0.25) is 5.02 Å². The van der Waals surface area contributed by atoms with Crippen molar-refractivity contribution in [3.05, 3.63) is 86.8 Å². The zero-order chi connectivity index (χ0) is 38.1. The third kappa shape index (κ3) is 10.4. The zero-order valence-corrected chi connectivity index (χ0v) is 32.6. The third-order valence-corrected chi connectivity index (χ3v) is 10.1. The predicted molar refractivity (Wildman–Crippen MR) is 205 cm³/mol. The molecule has 15 heteroatoms. The molecule has 0 saturated carbocycles. The number of aromatic nitrogens is 3. The smallest absolute Gasteiger partial charge is 0.407 e. The van der Waals surface area contributed by atoms with Gasteiger partial charge in [0.25, 0.3) is 0 Å². The number of carbonyl (C=O) groups is 2. The van der Waals surface area contributed by atoms with Gasteiger partial charge >= 0.3 is 6.09 Å². The van der Waals surface area contributed by atoms with Crippen molar-refractivity contribution < 1.29 is 33.6 Å². The van der Waals surface area contributed by atoms with Gasteiger partial charge in [-0.15, -0.1) is 21.5 Å². The van der Waals surface area contributed by atoms with Crippen LogP contribution in [0.5, 0.6) is 5.75 Å². The summed E-state index contributed by atoms with van der Waals surface area (Å²) in [6.07, 6.45) is -0.898. The number of rotatable bonds is 17. The molecule has 0 radical (unpaired) electrons. The normalized spacial score (nSPS) is 13.9. The summed E-state index contributed by atoms with van der Waals surface area (Å²) < 4.78 is 24.4. The van der Waals surface area contributed by atoms with Crippen LogP contribution < -0.4 is 10.1 Å². The minimum Gasteiger partial charge on any atom is -0.491 e. The minimum atomic E-state index is -0.965. The summed E-state index contributed by atoms with van der Waals surface area (Å²) in [5.41, 5.74) is 4.00. The SMILES string of the molecule is Cc1sc2c(c1C)C(c1ccc(Cl)cc1)=N[C@@H](CC(=O)Nc1ccc(OCCOCCOCCOCCN(C(=O)O)C(C)(C)C)cc1)c1nnc(C)n1-2. The molecule has 284 valence electrons. The van der Waals surface area contributed by atoms with Gasteiger partial charge in [0.2, 0.25) is 5.91 Å². The van der Waals surface area contributed by atoms with Gasteiger partial charge in [0, 0.05) is 38.8 Å². The van der Waals surface area contributed by atoms with Crippen molar-refractivity contribution in [1.82, 2.24) is 19.7 Å². The average Bonchev–Trinajstić information content (AvgIpc) is 3.58. The molecule has 2 N–H and O–H groups in total. The summed E-state index contributed by atoms with van der Waals surface area (Å²) in [5.74, 6) is 1.79. The lowest BCUT2D eigenvalue weighted by atomic mass is 9.99. The highest BCUT2D eigenvalue weighted by molar-refractivity contribution is 7.15. The monoisotopic (exact) mass is 766 g/mol. The largest absolute Gasteiger partial charge is 0.491 e. The number of hydrogen-bond acceptors (Lipinski definition) is 10. The lowest BCUT2D eigenvalue weighted by Crippen LogP contribution is -2.46. The molecule has 3 heterocycles. The number of thiophene rings is 1. The van der Waals surface area contributed by atoms with E-state index in [-0.39, 0.29) is 12.3 Å². The van der Waals surface area contributed by atoms with Gasteiger partial charge in [0.1, 0.15) is 29.2 Å². The maximum atomic E-state index is 13.4. The fourth-order valence-corrected chi connectivity index (χ4v) is 7.13. The fourth-order valence-electron chi connectivity index (χ4n) is 5.79. The van der Waals surface area contributed by atoms with Crippen molar-refractivity contribution in [3.8, 4) is 10.8 Å². The van der Waals surface area contributed by atoms with Crippen molar-refractivity contribution in [2.75, 3.05) is 58.1 Å². The highest BCUT2D eigenvalue weighted by atomic mass is 35.5. The minimum absolute atomic E-state index is 0.0670. The number of nitrogens with one attached hydrogen (secondary N) is 1. The van der Waals surface area contributed by atoms with Crippen LogP contribution in [0.25, 0.3) is 5.00 Å². The first-order chi connectivity index (χ1) is 25.3. The van der Waals surface area contributed by atoms with E-state index in [0.717, 1.165) is 33.2 Å². The molecule has 0 bridgehead atoms. The van der Waals surface area contributed by atoms with E-state index in [0.29, 0.717) is 75.1 Å². The molecule has 0 fully saturated rings. The van der Waals surface area contributed by atoms with E-state index in [1.54, 1.807) is 35.6 Å². The van der Waals surface area contributed by atoms with Crippen molar-refractivity contribution in [3.63, 3.8) is 0 Å². The van der Waals surface area contributed by atoms with E-state index >= 15 is 0 Å². The van der Waals surface area contributed by atoms with E-state index in [4.69, 9.17) is 35.5 Å². The van der Waals surface area contributed by atoms with Crippen LogP contribution in [0.1, 0.15) is 66.5 Å². The summed E-state index contributed by atoms with van der Waals surface area (Å²) in [6, 6.07) is 14.2. The molecule has 0 aliphatic carbocycles. The molecule has 2 amide bonds. The van der Waals surface area contributed by atoms with Crippen molar-refractivity contribution in [2.45, 2.75) is 59.5 Å². The van der Waals surface area contributed by atoms with Gasteiger partial charge in [0.15, 0.2) is 5.82 Å². The van der Waals surface area contributed by atoms with Crippen LogP contribution in [-0.2, 0) is 19.0 Å². The fraction of sp³-hybridized carbons (Fsp3) is 0.447. The Morgan fingerprint density at radius 1 is 0.906 bits per heavy atom. The average molecular weight is 767 g/mol. The van der Waals surface area contributed by atoms with Crippen molar-refractivity contribution >= 4 is 46.3 Å². The van der Waals surface area contributed by atoms with Gasteiger partial charge in [-0.3, -0.25) is 14.4 Å². The number of carboxylic acid groups (broad SMARTS) is 1. The molecule has 0 spiro atoms. The molecule has 1 atom stereocenters. The highest BCUT2D eigenvalue weighted by Gasteiger charge is 2.32. The van der Waals surface area contributed by atoms with Gasteiger partial charge in [-0.05, 0) is 83.5 Å². The number of hydrogen-bond donors (Lipinski definition) is 2. The molecule has 5 rings (SSSR count). The van der Waals surface area contributed by atoms with Gasteiger partial charge in [0.05, 0.1) is 51.8 Å². The second-order valence-corrected chi connectivity index (χ2v) is 15.1. The Bertz CT molecular complexity index is 1890. The van der Waals surface area contributed by atoms with Crippen LogP contribution in [0, 0.1) is 20.8 Å². The van der Waals surface area contributed by atoms with Crippen molar-refractivity contribution in [1.29, 1.82) is 0 Å². The van der Waals surface area contributed by atoms with E-state index in [9.17, 15) is 14.7 Å².